The minimum absolute atomic E-state index is 0.0940. The summed E-state index contributed by atoms with van der Waals surface area (Å²) in [5.41, 5.74) is 0. The molecule has 0 radical (unpaired) electrons. The topological polar surface area (TPSA) is 92.7 Å². The first-order valence-corrected chi connectivity index (χ1v) is 8.09. The maximum absolute atomic E-state index is 12.0. The number of nitrogens with one attached hydrogen (secondary N) is 2. The van der Waals surface area contributed by atoms with E-state index in [0.29, 0.717) is 36.8 Å². The van der Waals surface area contributed by atoms with Gasteiger partial charge < -0.3 is 4.98 Å². The Balaban J connectivity index is 1.83. The van der Waals surface area contributed by atoms with Gasteiger partial charge in [0, 0.05) is 25.7 Å². The SMILES string of the molecule is CCc1ncc(S(=O)(=O)NCCCn2cc(Cl)cn2)[nH]1. The Morgan fingerprint density at radius 3 is 2.85 bits per heavy atom. The molecule has 110 valence electrons. The highest BCUT2D eigenvalue weighted by molar-refractivity contribution is 7.89. The minimum atomic E-state index is -3.52. The fourth-order valence-corrected chi connectivity index (χ4v) is 2.81. The van der Waals surface area contributed by atoms with Gasteiger partial charge in [0.05, 0.1) is 17.4 Å². The molecule has 0 aromatic carbocycles. The number of aromatic amines is 1. The summed E-state index contributed by atoms with van der Waals surface area (Å²) in [6, 6.07) is 0. The summed E-state index contributed by atoms with van der Waals surface area (Å²) < 4.78 is 28.1. The third kappa shape index (κ3) is 3.81. The van der Waals surface area contributed by atoms with E-state index in [1.165, 1.54) is 6.20 Å². The van der Waals surface area contributed by atoms with Crippen molar-refractivity contribution in [2.45, 2.75) is 31.3 Å². The average Bonchev–Trinajstić information content (AvgIpc) is 3.03. The van der Waals surface area contributed by atoms with Crippen LogP contribution in [0.25, 0.3) is 0 Å². The summed E-state index contributed by atoms with van der Waals surface area (Å²) in [5, 5.41) is 4.67. The van der Waals surface area contributed by atoms with Crippen LogP contribution in [0.15, 0.2) is 23.6 Å². The van der Waals surface area contributed by atoms with E-state index in [0.717, 1.165) is 0 Å². The first kappa shape index (κ1) is 15.0. The van der Waals surface area contributed by atoms with Crippen molar-refractivity contribution in [3.8, 4) is 0 Å². The standard InChI is InChI=1S/C11H16ClN5O2S/c1-2-10-13-7-11(16-10)20(18,19)15-4-3-5-17-8-9(12)6-14-17/h6-8,15H,2-5H2,1H3,(H,13,16). The molecule has 0 fully saturated rings. The Kier molecular flexibility index (Phi) is 4.79. The molecule has 2 aromatic heterocycles. The summed E-state index contributed by atoms with van der Waals surface area (Å²) in [7, 11) is -3.52. The van der Waals surface area contributed by atoms with Crippen LogP contribution in [0.4, 0.5) is 0 Å². The molecule has 9 heteroatoms. The Labute approximate surface area is 122 Å². The number of aryl methyl sites for hydroxylation is 2. The summed E-state index contributed by atoms with van der Waals surface area (Å²) >= 11 is 5.74. The van der Waals surface area contributed by atoms with Gasteiger partial charge in [0.1, 0.15) is 5.82 Å². The van der Waals surface area contributed by atoms with Crippen LogP contribution in [-0.4, -0.2) is 34.7 Å². The summed E-state index contributed by atoms with van der Waals surface area (Å²) in [6.07, 6.45) is 5.84. The molecule has 0 spiro atoms. The van der Waals surface area contributed by atoms with E-state index in [9.17, 15) is 8.42 Å². The van der Waals surface area contributed by atoms with Gasteiger partial charge in [0.25, 0.3) is 10.0 Å². The molecule has 0 bridgehead atoms. The summed E-state index contributed by atoms with van der Waals surface area (Å²) in [4.78, 5) is 6.74. The molecule has 0 atom stereocenters. The van der Waals surface area contributed by atoms with Crippen LogP contribution < -0.4 is 4.72 Å². The third-order valence-electron chi connectivity index (χ3n) is 2.69. The number of rotatable bonds is 7. The van der Waals surface area contributed by atoms with Crippen molar-refractivity contribution in [3.63, 3.8) is 0 Å². The van der Waals surface area contributed by atoms with Gasteiger partial charge in [-0.15, -0.1) is 0 Å². The van der Waals surface area contributed by atoms with Gasteiger partial charge in [-0.25, -0.2) is 18.1 Å². The summed E-state index contributed by atoms with van der Waals surface area (Å²) in [5.74, 6) is 0.650. The number of H-pyrrole nitrogens is 1. The van der Waals surface area contributed by atoms with Crippen molar-refractivity contribution >= 4 is 21.6 Å². The predicted octanol–water partition coefficient (Wildman–Crippen LogP) is 1.19. The second-order valence-corrected chi connectivity index (χ2v) is 6.39. The molecule has 0 aliphatic rings. The first-order chi connectivity index (χ1) is 9.51. The van der Waals surface area contributed by atoms with E-state index in [-0.39, 0.29) is 5.03 Å². The van der Waals surface area contributed by atoms with Crippen LogP contribution in [0.1, 0.15) is 19.2 Å². The van der Waals surface area contributed by atoms with Crippen LogP contribution >= 0.6 is 11.6 Å². The number of imidazole rings is 1. The number of hydrogen-bond acceptors (Lipinski definition) is 4. The molecule has 0 aliphatic heterocycles. The number of halogens is 1. The van der Waals surface area contributed by atoms with Gasteiger partial charge >= 0.3 is 0 Å². The van der Waals surface area contributed by atoms with Gasteiger partial charge in [-0.3, -0.25) is 4.68 Å². The zero-order valence-corrected chi connectivity index (χ0v) is 12.6. The molecule has 0 amide bonds. The van der Waals surface area contributed by atoms with Crippen LogP contribution in [-0.2, 0) is 23.0 Å². The van der Waals surface area contributed by atoms with E-state index in [1.54, 1.807) is 17.1 Å². The highest BCUT2D eigenvalue weighted by Crippen LogP contribution is 2.07. The molecule has 2 rings (SSSR count). The lowest BCUT2D eigenvalue weighted by molar-refractivity contribution is 0.551. The number of aromatic nitrogens is 4. The largest absolute Gasteiger partial charge is 0.332 e. The maximum atomic E-state index is 12.0. The zero-order chi connectivity index (χ0) is 14.6. The molecule has 0 unspecified atom stereocenters. The van der Waals surface area contributed by atoms with Gasteiger partial charge in [0.15, 0.2) is 5.03 Å². The average molecular weight is 318 g/mol. The molecule has 0 aliphatic carbocycles. The molecule has 0 saturated carbocycles. The molecule has 2 heterocycles. The molecule has 0 saturated heterocycles. The summed E-state index contributed by atoms with van der Waals surface area (Å²) in [6.45, 7) is 2.82. The lowest BCUT2D eigenvalue weighted by Crippen LogP contribution is -2.26. The number of hydrogen-bond donors (Lipinski definition) is 2. The number of nitrogens with zero attached hydrogens (tertiary/aromatic N) is 3. The molecule has 2 N–H and O–H groups in total. The molecular formula is C11H16ClN5O2S. The second kappa shape index (κ2) is 6.38. The van der Waals surface area contributed by atoms with Crippen molar-refractivity contribution in [2.24, 2.45) is 0 Å². The third-order valence-corrected chi connectivity index (χ3v) is 4.25. The Morgan fingerprint density at radius 2 is 2.25 bits per heavy atom. The van der Waals surface area contributed by atoms with E-state index >= 15 is 0 Å². The predicted molar refractivity (Wildman–Crippen MR) is 75.0 cm³/mol. The van der Waals surface area contributed by atoms with Crippen molar-refractivity contribution in [3.05, 3.63) is 29.4 Å². The quantitative estimate of drug-likeness (QED) is 0.750. The van der Waals surface area contributed by atoms with Gasteiger partial charge in [-0.05, 0) is 6.42 Å². The lowest BCUT2D eigenvalue weighted by Gasteiger charge is -2.04. The monoisotopic (exact) mass is 317 g/mol. The van der Waals surface area contributed by atoms with Gasteiger partial charge in [0.2, 0.25) is 0 Å². The van der Waals surface area contributed by atoms with Gasteiger partial charge in [-0.2, -0.15) is 5.10 Å². The Morgan fingerprint density at radius 1 is 1.45 bits per heavy atom. The lowest BCUT2D eigenvalue weighted by atomic mass is 10.4. The molecular weight excluding hydrogens is 302 g/mol. The Bertz CT molecular complexity index is 664. The highest BCUT2D eigenvalue weighted by Gasteiger charge is 2.15. The first-order valence-electron chi connectivity index (χ1n) is 6.23. The normalized spacial score (nSPS) is 11.9. The zero-order valence-electron chi connectivity index (χ0n) is 11.0. The second-order valence-electron chi connectivity index (χ2n) is 4.22. The van der Waals surface area contributed by atoms with Crippen LogP contribution in [0.2, 0.25) is 5.02 Å². The minimum Gasteiger partial charge on any atom is -0.332 e. The molecule has 7 nitrogen and oxygen atoms in total. The Hall–Kier alpha value is -1.38. The van der Waals surface area contributed by atoms with E-state index < -0.39 is 10.0 Å². The van der Waals surface area contributed by atoms with E-state index in [2.05, 4.69) is 19.8 Å². The maximum Gasteiger partial charge on any atom is 0.257 e. The van der Waals surface area contributed by atoms with Gasteiger partial charge in [-0.1, -0.05) is 18.5 Å². The fraction of sp³-hybridized carbons (Fsp3) is 0.455. The highest BCUT2D eigenvalue weighted by atomic mass is 35.5. The van der Waals surface area contributed by atoms with Crippen molar-refractivity contribution in [2.75, 3.05) is 6.54 Å². The van der Waals surface area contributed by atoms with E-state index in [4.69, 9.17) is 11.6 Å². The van der Waals surface area contributed by atoms with Crippen molar-refractivity contribution in [1.82, 2.24) is 24.5 Å². The van der Waals surface area contributed by atoms with E-state index in [1.807, 2.05) is 6.92 Å². The van der Waals surface area contributed by atoms with Crippen molar-refractivity contribution in [1.29, 1.82) is 0 Å². The fourth-order valence-electron chi connectivity index (χ4n) is 1.65. The van der Waals surface area contributed by atoms with Crippen LogP contribution in [0.5, 0.6) is 0 Å². The van der Waals surface area contributed by atoms with Crippen LogP contribution in [0.3, 0.4) is 0 Å². The van der Waals surface area contributed by atoms with Crippen LogP contribution in [0, 0.1) is 0 Å². The number of sulfonamides is 1. The molecule has 20 heavy (non-hydrogen) atoms. The van der Waals surface area contributed by atoms with Crippen molar-refractivity contribution < 1.29 is 8.42 Å². The molecule has 2 aromatic rings. The smallest absolute Gasteiger partial charge is 0.257 e.